The highest BCUT2D eigenvalue weighted by atomic mass is 35.5. The molecule has 2 heterocycles. The summed E-state index contributed by atoms with van der Waals surface area (Å²) in [5.41, 5.74) is 3.77. The molecule has 0 aliphatic carbocycles. The summed E-state index contributed by atoms with van der Waals surface area (Å²) < 4.78 is 12.4. The molecule has 4 aromatic rings. The number of ether oxygens (including phenoxy) is 2. The number of nitrogens with one attached hydrogen (secondary N) is 1. The van der Waals surface area contributed by atoms with Crippen molar-refractivity contribution in [2.75, 3.05) is 19.5 Å². The molecule has 7 nitrogen and oxygen atoms in total. The van der Waals surface area contributed by atoms with Gasteiger partial charge in [0.05, 0.1) is 24.9 Å². The van der Waals surface area contributed by atoms with Crippen LogP contribution >= 0.6 is 23.2 Å². The van der Waals surface area contributed by atoms with E-state index in [2.05, 4.69) is 20.4 Å². The number of anilines is 2. The van der Waals surface area contributed by atoms with Gasteiger partial charge in [0, 0.05) is 47.3 Å². The summed E-state index contributed by atoms with van der Waals surface area (Å²) in [6, 6.07) is 12.6. The Labute approximate surface area is 189 Å². The zero-order valence-corrected chi connectivity index (χ0v) is 18.6. The molecular formula is C22H19Cl2N5O2. The van der Waals surface area contributed by atoms with Crippen LogP contribution in [-0.2, 0) is 7.05 Å². The summed E-state index contributed by atoms with van der Waals surface area (Å²) in [6.45, 7) is 0. The summed E-state index contributed by atoms with van der Waals surface area (Å²) in [5, 5.41) is 8.86. The molecule has 2 aromatic carbocycles. The normalized spacial score (nSPS) is 10.7. The zero-order valence-electron chi connectivity index (χ0n) is 17.1. The van der Waals surface area contributed by atoms with Crippen molar-refractivity contribution in [1.29, 1.82) is 0 Å². The fourth-order valence-corrected chi connectivity index (χ4v) is 3.67. The minimum absolute atomic E-state index is 0.432. The predicted molar refractivity (Wildman–Crippen MR) is 123 cm³/mol. The lowest BCUT2D eigenvalue weighted by Crippen LogP contribution is -1.99. The highest BCUT2D eigenvalue weighted by molar-refractivity contribution is 6.36. The molecule has 0 saturated carbocycles. The third-order valence-corrected chi connectivity index (χ3v) is 5.13. The smallest absolute Gasteiger partial charge is 0.227 e. The molecule has 31 heavy (non-hydrogen) atoms. The third-order valence-electron chi connectivity index (χ3n) is 4.59. The highest BCUT2D eigenvalue weighted by Gasteiger charge is 2.17. The van der Waals surface area contributed by atoms with Crippen LogP contribution in [0.15, 0.2) is 54.9 Å². The van der Waals surface area contributed by atoms with E-state index in [9.17, 15) is 0 Å². The molecule has 0 unspecified atom stereocenters. The first-order chi connectivity index (χ1) is 15.0. The maximum absolute atomic E-state index is 6.42. The van der Waals surface area contributed by atoms with Crippen molar-refractivity contribution >= 4 is 34.8 Å². The van der Waals surface area contributed by atoms with Gasteiger partial charge in [0.15, 0.2) is 11.5 Å². The fraction of sp³-hybridized carbons (Fsp3) is 0.136. The zero-order chi connectivity index (χ0) is 22.0. The molecule has 0 atom stereocenters. The predicted octanol–water partition coefficient (Wildman–Crippen LogP) is 5.61. The second-order valence-corrected chi connectivity index (χ2v) is 7.49. The van der Waals surface area contributed by atoms with Crippen molar-refractivity contribution in [3.8, 4) is 34.0 Å². The molecule has 0 bridgehead atoms. The SMILES string of the molecule is COc1ccc(Nc2nccc(-c3cn(C)nc3-c3ccc(Cl)cc3Cl)n2)cc1OC. The summed E-state index contributed by atoms with van der Waals surface area (Å²) in [7, 11) is 5.03. The fourth-order valence-electron chi connectivity index (χ4n) is 3.17. The maximum Gasteiger partial charge on any atom is 0.227 e. The van der Waals surface area contributed by atoms with Gasteiger partial charge in [-0.05, 0) is 36.4 Å². The summed E-state index contributed by atoms with van der Waals surface area (Å²) in [4.78, 5) is 9.00. The summed E-state index contributed by atoms with van der Waals surface area (Å²) in [5.74, 6) is 1.68. The van der Waals surface area contributed by atoms with E-state index in [0.29, 0.717) is 38.9 Å². The van der Waals surface area contributed by atoms with Gasteiger partial charge in [-0.2, -0.15) is 5.10 Å². The molecule has 0 saturated heterocycles. The Bertz CT molecular complexity index is 1240. The van der Waals surface area contributed by atoms with E-state index in [1.54, 1.807) is 37.2 Å². The lowest BCUT2D eigenvalue weighted by Gasteiger charge is -2.11. The van der Waals surface area contributed by atoms with Crippen molar-refractivity contribution in [3.05, 3.63) is 64.9 Å². The first-order valence-electron chi connectivity index (χ1n) is 9.30. The number of aryl methyl sites for hydroxylation is 1. The van der Waals surface area contributed by atoms with Crippen molar-refractivity contribution in [3.63, 3.8) is 0 Å². The quantitative estimate of drug-likeness (QED) is 0.407. The largest absolute Gasteiger partial charge is 0.493 e. The first-order valence-corrected chi connectivity index (χ1v) is 10.1. The van der Waals surface area contributed by atoms with E-state index in [4.69, 9.17) is 32.7 Å². The lowest BCUT2D eigenvalue weighted by molar-refractivity contribution is 0.355. The number of nitrogens with zero attached hydrogens (tertiary/aromatic N) is 4. The van der Waals surface area contributed by atoms with E-state index in [1.165, 1.54) is 0 Å². The molecule has 1 N–H and O–H groups in total. The van der Waals surface area contributed by atoms with E-state index >= 15 is 0 Å². The molecule has 9 heteroatoms. The van der Waals surface area contributed by atoms with Crippen LogP contribution in [0.3, 0.4) is 0 Å². The second kappa shape index (κ2) is 8.83. The number of hydrogen-bond donors (Lipinski definition) is 1. The summed E-state index contributed by atoms with van der Waals surface area (Å²) in [6.07, 6.45) is 3.58. The van der Waals surface area contributed by atoms with Crippen molar-refractivity contribution in [1.82, 2.24) is 19.7 Å². The molecule has 158 valence electrons. The minimum atomic E-state index is 0.432. The van der Waals surface area contributed by atoms with E-state index in [1.807, 2.05) is 43.6 Å². The van der Waals surface area contributed by atoms with Gasteiger partial charge >= 0.3 is 0 Å². The number of halogens is 2. The highest BCUT2D eigenvalue weighted by Crippen LogP contribution is 2.36. The van der Waals surface area contributed by atoms with E-state index < -0.39 is 0 Å². The van der Waals surface area contributed by atoms with Crippen LogP contribution in [0.25, 0.3) is 22.5 Å². The van der Waals surface area contributed by atoms with Gasteiger partial charge in [0.1, 0.15) is 5.69 Å². The average Bonchev–Trinajstić information content (AvgIpc) is 3.15. The molecule has 0 aliphatic rings. The standard InChI is InChI=1S/C22H19Cl2N5O2/c1-29-12-16(21(28-29)15-6-4-13(23)10-17(15)24)18-8-9-25-22(27-18)26-14-5-7-19(30-2)20(11-14)31-3/h4-12H,1-3H3,(H,25,26,27). The average molecular weight is 456 g/mol. The van der Waals surface area contributed by atoms with Crippen LogP contribution < -0.4 is 14.8 Å². The first kappa shape index (κ1) is 21.0. The topological polar surface area (TPSA) is 74.1 Å². The van der Waals surface area contributed by atoms with Crippen LogP contribution in [0, 0.1) is 0 Å². The van der Waals surface area contributed by atoms with Crippen LogP contribution in [0.5, 0.6) is 11.5 Å². The maximum atomic E-state index is 6.42. The number of hydrogen-bond acceptors (Lipinski definition) is 6. The van der Waals surface area contributed by atoms with Gasteiger partial charge < -0.3 is 14.8 Å². The van der Waals surface area contributed by atoms with Gasteiger partial charge in [-0.1, -0.05) is 23.2 Å². The van der Waals surface area contributed by atoms with Crippen LogP contribution in [0.2, 0.25) is 10.0 Å². The Hall–Kier alpha value is -3.29. The molecule has 0 spiro atoms. The van der Waals surface area contributed by atoms with Gasteiger partial charge in [0.25, 0.3) is 0 Å². The third kappa shape index (κ3) is 4.42. The Kier molecular flexibility index (Phi) is 5.97. The molecule has 2 aromatic heterocycles. The van der Waals surface area contributed by atoms with Crippen molar-refractivity contribution in [2.24, 2.45) is 7.05 Å². The van der Waals surface area contributed by atoms with Gasteiger partial charge in [-0.3, -0.25) is 4.68 Å². The van der Waals surface area contributed by atoms with E-state index in [-0.39, 0.29) is 0 Å². The molecule has 0 radical (unpaired) electrons. The van der Waals surface area contributed by atoms with Gasteiger partial charge in [0.2, 0.25) is 5.95 Å². The molecular weight excluding hydrogens is 437 g/mol. The molecule has 4 rings (SSSR count). The minimum Gasteiger partial charge on any atom is -0.493 e. The van der Waals surface area contributed by atoms with Gasteiger partial charge in [-0.25, -0.2) is 9.97 Å². The Morgan fingerprint density at radius 1 is 0.935 bits per heavy atom. The molecule has 0 fully saturated rings. The lowest BCUT2D eigenvalue weighted by atomic mass is 10.1. The molecule has 0 amide bonds. The number of aromatic nitrogens is 4. The van der Waals surface area contributed by atoms with Crippen molar-refractivity contribution in [2.45, 2.75) is 0 Å². The van der Waals surface area contributed by atoms with Crippen LogP contribution in [-0.4, -0.2) is 34.0 Å². The van der Waals surface area contributed by atoms with Crippen LogP contribution in [0.4, 0.5) is 11.6 Å². The summed E-state index contributed by atoms with van der Waals surface area (Å²) >= 11 is 12.5. The number of benzene rings is 2. The Balaban J connectivity index is 1.70. The van der Waals surface area contributed by atoms with Crippen molar-refractivity contribution < 1.29 is 9.47 Å². The molecule has 0 aliphatic heterocycles. The van der Waals surface area contributed by atoms with Gasteiger partial charge in [-0.15, -0.1) is 0 Å². The van der Waals surface area contributed by atoms with Crippen LogP contribution in [0.1, 0.15) is 0 Å². The number of rotatable bonds is 6. The Morgan fingerprint density at radius 3 is 2.48 bits per heavy atom. The van der Waals surface area contributed by atoms with E-state index in [0.717, 1.165) is 16.8 Å². The monoisotopic (exact) mass is 455 g/mol. The number of methoxy groups -OCH3 is 2. The Morgan fingerprint density at radius 2 is 1.74 bits per heavy atom. The second-order valence-electron chi connectivity index (χ2n) is 6.65.